The third-order valence-electron chi connectivity index (χ3n) is 3.86. The SMILES string of the molecule is Cc1ccc(C2CN(C(=O)Nc3cccc(OCCF)c3)CCO2)o1. The van der Waals surface area contributed by atoms with Crippen LogP contribution in [0.15, 0.2) is 40.8 Å². The Balaban J connectivity index is 1.61. The van der Waals surface area contributed by atoms with Crippen LogP contribution >= 0.6 is 0 Å². The molecule has 1 fully saturated rings. The summed E-state index contributed by atoms with van der Waals surface area (Å²) in [5.74, 6) is 2.04. The van der Waals surface area contributed by atoms with Gasteiger partial charge in [-0.1, -0.05) is 6.07 Å². The van der Waals surface area contributed by atoms with Crippen molar-refractivity contribution in [2.75, 3.05) is 38.3 Å². The predicted molar refractivity (Wildman–Crippen MR) is 90.6 cm³/mol. The van der Waals surface area contributed by atoms with E-state index >= 15 is 0 Å². The number of urea groups is 1. The summed E-state index contributed by atoms with van der Waals surface area (Å²) in [6.07, 6.45) is -0.271. The number of ether oxygens (including phenoxy) is 2. The van der Waals surface area contributed by atoms with Crippen LogP contribution in [0.2, 0.25) is 0 Å². The van der Waals surface area contributed by atoms with E-state index in [9.17, 15) is 9.18 Å². The smallest absolute Gasteiger partial charge is 0.322 e. The Morgan fingerprint density at radius 1 is 1.40 bits per heavy atom. The Labute approximate surface area is 145 Å². The molecule has 2 amide bonds. The zero-order valence-electron chi connectivity index (χ0n) is 14.0. The van der Waals surface area contributed by atoms with Crippen molar-refractivity contribution >= 4 is 11.7 Å². The first-order chi connectivity index (χ1) is 12.2. The van der Waals surface area contributed by atoms with Gasteiger partial charge in [0.15, 0.2) is 0 Å². The van der Waals surface area contributed by atoms with Crippen molar-refractivity contribution in [2.45, 2.75) is 13.0 Å². The molecule has 1 N–H and O–H groups in total. The molecule has 2 aromatic rings. The fourth-order valence-corrected chi connectivity index (χ4v) is 2.65. The van der Waals surface area contributed by atoms with Crippen LogP contribution in [0.3, 0.4) is 0 Å². The van der Waals surface area contributed by atoms with Crippen molar-refractivity contribution in [3.05, 3.63) is 47.9 Å². The first-order valence-corrected chi connectivity index (χ1v) is 8.18. The number of benzene rings is 1. The van der Waals surface area contributed by atoms with Crippen LogP contribution in [0.1, 0.15) is 17.6 Å². The summed E-state index contributed by atoms with van der Waals surface area (Å²) in [4.78, 5) is 14.2. The largest absolute Gasteiger partial charge is 0.491 e. The number of furan rings is 1. The van der Waals surface area contributed by atoms with E-state index in [0.29, 0.717) is 31.1 Å². The number of aryl methyl sites for hydroxylation is 1. The topological polar surface area (TPSA) is 63.9 Å². The molecule has 3 rings (SSSR count). The molecule has 134 valence electrons. The Morgan fingerprint density at radius 2 is 2.28 bits per heavy atom. The van der Waals surface area contributed by atoms with Crippen molar-refractivity contribution in [1.29, 1.82) is 0 Å². The summed E-state index contributed by atoms with van der Waals surface area (Å²) >= 11 is 0. The van der Waals surface area contributed by atoms with Gasteiger partial charge in [-0.05, 0) is 31.2 Å². The van der Waals surface area contributed by atoms with Gasteiger partial charge in [-0.3, -0.25) is 0 Å². The zero-order valence-corrected chi connectivity index (χ0v) is 14.0. The lowest BCUT2D eigenvalue weighted by atomic mass is 10.2. The van der Waals surface area contributed by atoms with Crippen molar-refractivity contribution in [2.24, 2.45) is 0 Å². The molecule has 1 unspecified atom stereocenters. The van der Waals surface area contributed by atoms with Crippen LogP contribution in [0.25, 0.3) is 0 Å². The number of nitrogens with zero attached hydrogens (tertiary/aromatic N) is 1. The van der Waals surface area contributed by atoms with E-state index < -0.39 is 6.67 Å². The third kappa shape index (κ3) is 4.51. The van der Waals surface area contributed by atoms with E-state index in [2.05, 4.69) is 5.32 Å². The molecular weight excluding hydrogens is 327 g/mol. The summed E-state index contributed by atoms with van der Waals surface area (Å²) in [5.41, 5.74) is 0.596. The molecule has 1 saturated heterocycles. The number of anilines is 1. The van der Waals surface area contributed by atoms with Crippen molar-refractivity contribution in [3.63, 3.8) is 0 Å². The lowest BCUT2D eigenvalue weighted by molar-refractivity contribution is -0.0246. The van der Waals surface area contributed by atoms with Gasteiger partial charge < -0.3 is 24.1 Å². The number of rotatable bonds is 5. The number of amides is 2. The number of morpholine rings is 1. The molecule has 25 heavy (non-hydrogen) atoms. The second-order valence-corrected chi connectivity index (χ2v) is 5.75. The van der Waals surface area contributed by atoms with Crippen molar-refractivity contribution < 1.29 is 23.1 Å². The van der Waals surface area contributed by atoms with Gasteiger partial charge in [0.25, 0.3) is 0 Å². The highest BCUT2D eigenvalue weighted by Crippen LogP contribution is 2.25. The third-order valence-corrected chi connectivity index (χ3v) is 3.86. The molecule has 0 aliphatic carbocycles. The monoisotopic (exact) mass is 348 g/mol. The second kappa shape index (κ2) is 8.02. The standard InChI is InChI=1S/C18H21FN2O4/c1-13-5-6-16(25-13)17-12-21(8-10-24-17)18(22)20-14-3-2-4-15(11-14)23-9-7-19/h2-6,11,17H,7-10,12H2,1H3,(H,20,22). The van der Waals surface area contributed by atoms with Crippen LogP contribution in [-0.2, 0) is 4.74 Å². The second-order valence-electron chi connectivity index (χ2n) is 5.75. The molecule has 1 aromatic heterocycles. The lowest BCUT2D eigenvalue weighted by Gasteiger charge is -2.32. The van der Waals surface area contributed by atoms with Crippen LogP contribution in [0, 0.1) is 6.92 Å². The van der Waals surface area contributed by atoms with Gasteiger partial charge in [-0.2, -0.15) is 0 Å². The molecule has 0 radical (unpaired) electrons. The quantitative estimate of drug-likeness (QED) is 0.898. The van der Waals surface area contributed by atoms with Crippen LogP contribution < -0.4 is 10.1 Å². The van der Waals surface area contributed by atoms with E-state index in [-0.39, 0.29) is 18.7 Å². The van der Waals surface area contributed by atoms with Crippen molar-refractivity contribution in [1.82, 2.24) is 4.90 Å². The molecule has 1 aliphatic rings. The molecule has 6 nitrogen and oxygen atoms in total. The van der Waals surface area contributed by atoms with Gasteiger partial charge in [-0.25, -0.2) is 9.18 Å². The van der Waals surface area contributed by atoms with Crippen LogP contribution in [0.5, 0.6) is 5.75 Å². The molecular formula is C18H21FN2O4. The van der Waals surface area contributed by atoms with Crippen molar-refractivity contribution in [3.8, 4) is 5.75 Å². The fourth-order valence-electron chi connectivity index (χ4n) is 2.65. The summed E-state index contributed by atoms with van der Waals surface area (Å²) in [7, 11) is 0. The molecule has 0 saturated carbocycles. The lowest BCUT2D eigenvalue weighted by Crippen LogP contribution is -2.44. The Hall–Kier alpha value is -2.54. The summed E-state index contributed by atoms with van der Waals surface area (Å²) < 4.78 is 28.7. The maximum atomic E-state index is 12.5. The minimum atomic E-state index is -0.558. The molecule has 0 spiro atoms. The number of carbonyl (C=O) groups excluding carboxylic acids is 1. The van der Waals surface area contributed by atoms with E-state index in [0.717, 1.165) is 11.5 Å². The Kier molecular flexibility index (Phi) is 5.55. The Morgan fingerprint density at radius 3 is 3.04 bits per heavy atom. The minimum absolute atomic E-state index is 0.00882. The molecule has 1 aromatic carbocycles. The number of hydrogen-bond acceptors (Lipinski definition) is 4. The summed E-state index contributed by atoms with van der Waals surface area (Å²) in [6, 6.07) is 10.4. The average molecular weight is 348 g/mol. The number of nitrogens with one attached hydrogen (secondary N) is 1. The highest BCUT2D eigenvalue weighted by atomic mass is 19.1. The maximum Gasteiger partial charge on any atom is 0.322 e. The molecule has 1 aliphatic heterocycles. The van der Waals surface area contributed by atoms with Gasteiger partial charge >= 0.3 is 6.03 Å². The van der Waals surface area contributed by atoms with E-state index in [1.54, 1.807) is 29.2 Å². The Bertz CT molecular complexity index is 719. The van der Waals surface area contributed by atoms with E-state index in [1.165, 1.54) is 0 Å². The molecule has 2 heterocycles. The first kappa shape index (κ1) is 17.3. The maximum absolute atomic E-state index is 12.5. The van der Waals surface area contributed by atoms with E-state index in [4.69, 9.17) is 13.9 Å². The number of carbonyl (C=O) groups is 1. The normalized spacial score (nSPS) is 17.4. The number of hydrogen-bond donors (Lipinski definition) is 1. The average Bonchev–Trinajstić information content (AvgIpc) is 3.07. The fraction of sp³-hybridized carbons (Fsp3) is 0.389. The molecule has 1 atom stereocenters. The van der Waals surface area contributed by atoms with Crippen LogP contribution in [0.4, 0.5) is 14.9 Å². The summed E-state index contributed by atoms with van der Waals surface area (Å²) in [6.45, 7) is 2.66. The first-order valence-electron chi connectivity index (χ1n) is 8.18. The summed E-state index contributed by atoms with van der Waals surface area (Å²) in [5, 5.41) is 2.83. The molecule has 0 bridgehead atoms. The van der Waals surface area contributed by atoms with Gasteiger partial charge in [0.2, 0.25) is 0 Å². The highest BCUT2D eigenvalue weighted by Gasteiger charge is 2.27. The van der Waals surface area contributed by atoms with Gasteiger partial charge in [-0.15, -0.1) is 0 Å². The van der Waals surface area contributed by atoms with Gasteiger partial charge in [0, 0.05) is 18.3 Å². The van der Waals surface area contributed by atoms with Gasteiger partial charge in [0.1, 0.15) is 36.7 Å². The zero-order chi connectivity index (χ0) is 17.6. The van der Waals surface area contributed by atoms with Crippen LogP contribution in [-0.4, -0.2) is 43.9 Å². The van der Waals surface area contributed by atoms with E-state index in [1.807, 2.05) is 19.1 Å². The predicted octanol–water partition coefficient (Wildman–Crippen LogP) is 3.54. The molecule has 7 heteroatoms. The number of halogens is 1. The highest BCUT2D eigenvalue weighted by molar-refractivity contribution is 5.89. The van der Waals surface area contributed by atoms with Gasteiger partial charge in [0.05, 0.1) is 13.2 Å². The number of alkyl halides is 1. The minimum Gasteiger partial charge on any atom is -0.491 e.